The zero-order valence-corrected chi connectivity index (χ0v) is 21.5. The monoisotopic (exact) mass is 503 g/mol. The van der Waals surface area contributed by atoms with Crippen LogP contribution in [0.1, 0.15) is 38.3 Å². The molecule has 2 amide bonds. The van der Waals surface area contributed by atoms with Crippen molar-refractivity contribution in [2.24, 2.45) is 0 Å². The van der Waals surface area contributed by atoms with E-state index < -0.39 is 0 Å². The summed E-state index contributed by atoms with van der Waals surface area (Å²) < 4.78 is 15.7. The van der Waals surface area contributed by atoms with Crippen molar-refractivity contribution in [3.05, 3.63) is 82.9 Å². The predicted octanol–water partition coefficient (Wildman–Crippen LogP) is 4.29. The molecular weight excluding hydrogens is 470 g/mol. The van der Waals surface area contributed by atoms with E-state index in [-0.39, 0.29) is 11.8 Å². The van der Waals surface area contributed by atoms with Crippen molar-refractivity contribution in [2.75, 3.05) is 51.2 Å². The SMILES string of the molecule is COCCCNC(=O)c1cc(NC(=O)c2cc(OC)cc(OC)c2)ccc1N1CCc2ccccc2C1. The molecule has 0 saturated carbocycles. The highest BCUT2D eigenvalue weighted by atomic mass is 16.5. The summed E-state index contributed by atoms with van der Waals surface area (Å²) in [5.41, 5.74) is 4.84. The number of amides is 2. The van der Waals surface area contributed by atoms with Crippen molar-refractivity contribution in [2.45, 2.75) is 19.4 Å². The number of carbonyl (C=O) groups excluding carboxylic acids is 2. The average molecular weight is 504 g/mol. The van der Waals surface area contributed by atoms with Gasteiger partial charge in [0.05, 0.1) is 19.8 Å². The molecule has 2 N–H and O–H groups in total. The van der Waals surface area contributed by atoms with Gasteiger partial charge in [-0.25, -0.2) is 0 Å². The lowest BCUT2D eigenvalue weighted by Crippen LogP contribution is -2.33. The van der Waals surface area contributed by atoms with Crippen molar-refractivity contribution in [3.63, 3.8) is 0 Å². The van der Waals surface area contributed by atoms with Crippen LogP contribution >= 0.6 is 0 Å². The van der Waals surface area contributed by atoms with Gasteiger partial charge < -0.3 is 29.7 Å². The molecular formula is C29H33N3O5. The molecule has 0 radical (unpaired) electrons. The van der Waals surface area contributed by atoms with Gasteiger partial charge >= 0.3 is 0 Å². The number of benzene rings is 3. The highest BCUT2D eigenvalue weighted by molar-refractivity contribution is 6.06. The van der Waals surface area contributed by atoms with Gasteiger partial charge in [0.2, 0.25) is 0 Å². The first kappa shape index (κ1) is 26.0. The fraction of sp³-hybridized carbons (Fsp3) is 0.310. The Morgan fingerprint density at radius 3 is 2.32 bits per heavy atom. The van der Waals surface area contributed by atoms with Crippen LogP contribution in [0.3, 0.4) is 0 Å². The highest BCUT2D eigenvalue weighted by Gasteiger charge is 2.22. The number of fused-ring (bicyclic) bond motifs is 1. The smallest absolute Gasteiger partial charge is 0.255 e. The summed E-state index contributed by atoms with van der Waals surface area (Å²) in [6.45, 7) is 2.58. The Balaban J connectivity index is 1.60. The van der Waals surface area contributed by atoms with Crippen molar-refractivity contribution >= 4 is 23.2 Å². The molecule has 0 spiro atoms. The first-order valence-corrected chi connectivity index (χ1v) is 12.3. The molecule has 0 unspecified atom stereocenters. The Labute approximate surface area is 217 Å². The van der Waals surface area contributed by atoms with Crippen molar-refractivity contribution in [1.29, 1.82) is 0 Å². The van der Waals surface area contributed by atoms with Crippen LogP contribution in [0.4, 0.5) is 11.4 Å². The van der Waals surface area contributed by atoms with E-state index in [9.17, 15) is 9.59 Å². The largest absolute Gasteiger partial charge is 0.497 e. The summed E-state index contributed by atoms with van der Waals surface area (Å²) in [7, 11) is 4.70. The number of rotatable bonds is 10. The number of hydrogen-bond acceptors (Lipinski definition) is 6. The molecule has 0 fully saturated rings. The minimum absolute atomic E-state index is 0.191. The van der Waals surface area contributed by atoms with Gasteiger partial charge in [0, 0.05) is 56.4 Å². The molecule has 8 heteroatoms. The standard InChI is InChI=1S/C29H33N3O5/c1-35-14-6-12-30-29(34)26-17-23(31-28(33)22-15-24(36-2)18-25(16-22)37-3)9-10-27(26)32-13-11-20-7-4-5-8-21(20)19-32/h4-5,7-10,15-18H,6,11-14,19H2,1-3H3,(H,30,34)(H,31,33). The maximum atomic E-state index is 13.3. The molecule has 0 aliphatic carbocycles. The van der Waals surface area contributed by atoms with E-state index in [1.165, 1.54) is 25.3 Å². The van der Waals surface area contributed by atoms with E-state index >= 15 is 0 Å². The van der Waals surface area contributed by atoms with E-state index in [0.717, 1.165) is 25.2 Å². The van der Waals surface area contributed by atoms with Gasteiger partial charge in [0.25, 0.3) is 11.8 Å². The molecule has 194 valence electrons. The third-order valence-electron chi connectivity index (χ3n) is 6.39. The summed E-state index contributed by atoms with van der Waals surface area (Å²) in [6.07, 6.45) is 1.62. The lowest BCUT2D eigenvalue weighted by Gasteiger charge is -2.32. The second kappa shape index (κ2) is 12.3. The number of nitrogens with zero attached hydrogens (tertiary/aromatic N) is 1. The maximum Gasteiger partial charge on any atom is 0.255 e. The van der Waals surface area contributed by atoms with Gasteiger partial charge in [-0.1, -0.05) is 24.3 Å². The molecule has 4 rings (SSSR count). The van der Waals surface area contributed by atoms with E-state index in [1.54, 1.807) is 31.4 Å². The molecule has 8 nitrogen and oxygen atoms in total. The normalized spacial score (nSPS) is 12.5. The molecule has 0 aromatic heterocycles. The van der Waals surface area contributed by atoms with Crippen molar-refractivity contribution in [1.82, 2.24) is 5.32 Å². The third kappa shape index (κ3) is 6.40. The Kier molecular flexibility index (Phi) is 8.64. The molecule has 3 aromatic carbocycles. The fourth-order valence-electron chi connectivity index (χ4n) is 4.43. The second-order valence-electron chi connectivity index (χ2n) is 8.83. The Morgan fingerprint density at radius 2 is 1.62 bits per heavy atom. The number of nitrogens with one attached hydrogen (secondary N) is 2. The van der Waals surface area contributed by atoms with Crippen molar-refractivity contribution in [3.8, 4) is 11.5 Å². The molecule has 0 saturated heterocycles. The minimum Gasteiger partial charge on any atom is -0.497 e. The van der Waals surface area contributed by atoms with Gasteiger partial charge in [0.15, 0.2) is 0 Å². The number of anilines is 2. The Bertz CT molecular complexity index is 1240. The van der Waals surface area contributed by atoms with E-state index in [1.807, 2.05) is 18.2 Å². The second-order valence-corrected chi connectivity index (χ2v) is 8.83. The lowest BCUT2D eigenvalue weighted by molar-refractivity contribution is 0.0947. The first-order chi connectivity index (χ1) is 18.0. The maximum absolute atomic E-state index is 13.3. The van der Waals surface area contributed by atoms with Crippen LogP contribution in [0.2, 0.25) is 0 Å². The number of carbonyl (C=O) groups is 2. The first-order valence-electron chi connectivity index (χ1n) is 12.3. The van der Waals surface area contributed by atoms with Crippen LogP contribution in [0.25, 0.3) is 0 Å². The van der Waals surface area contributed by atoms with Gasteiger partial charge in [-0.15, -0.1) is 0 Å². The molecule has 1 aliphatic rings. The highest BCUT2D eigenvalue weighted by Crippen LogP contribution is 2.30. The van der Waals surface area contributed by atoms with Crippen LogP contribution in [0.15, 0.2) is 60.7 Å². The molecule has 0 atom stereocenters. The van der Waals surface area contributed by atoms with Gasteiger partial charge in [0.1, 0.15) is 11.5 Å². The van der Waals surface area contributed by atoms with Crippen LogP contribution in [-0.4, -0.2) is 52.8 Å². The van der Waals surface area contributed by atoms with Crippen LogP contribution in [-0.2, 0) is 17.7 Å². The Morgan fingerprint density at radius 1 is 0.892 bits per heavy atom. The summed E-state index contributed by atoms with van der Waals surface area (Å²) in [4.78, 5) is 28.5. The Hall–Kier alpha value is -4.04. The van der Waals surface area contributed by atoms with E-state index in [2.05, 4.69) is 33.7 Å². The van der Waals surface area contributed by atoms with Crippen molar-refractivity contribution < 1.29 is 23.8 Å². The third-order valence-corrected chi connectivity index (χ3v) is 6.39. The fourth-order valence-corrected chi connectivity index (χ4v) is 4.43. The van der Waals surface area contributed by atoms with E-state index in [4.69, 9.17) is 14.2 Å². The van der Waals surface area contributed by atoms with Crippen LogP contribution in [0, 0.1) is 0 Å². The molecule has 37 heavy (non-hydrogen) atoms. The van der Waals surface area contributed by atoms with Gasteiger partial charge in [-0.2, -0.15) is 0 Å². The topological polar surface area (TPSA) is 89.1 Å². The lowest BCUT2D eigenvalue weighted by atomic mass is 9.98. The zero-order valence-electron chi connectivity index (χ0n) is 21.5. The van der Waals surface area contributed by atoms with E-state index in [0.29, 0.717) is 47.9 Å². The number of hydrogen-bond donors (Lipinski definition) is 2. The van der Waals surface area contributed by atoms with Crippen LogP contribution < -0.4 is 25.0 Å². The zero-order chi connectivity index (χ0) is 26.2. The quantitative estimate of drug-likeness (QED) is 0.402. The molecule has 3 aromatic rings. The summed E-state index contributed by atoms with van der Waals surface area (Å²) >= 11 is 0. The van der Waals surface area contributed by atoms with Gasteiger partial charge in [-0.3, -0.25) is 9.59 Å². The minimum atomic E-state index is -0.330. The molecule has 1 aliphatic heterocycles. The summed E-state index contributed by atoms with van der Waals surface area (Å²) in [6, 6.07) is 18.8. The van der Waals surface area contributed by atoms with Crippen LogP contribution in [0.5, 0.6) is 11.5 Å². The molecule has 1 heterocycles. The summed E-state index contributed by atoms with van der Waals surface area (Å²) in [5.74, 6) is 0.509. The average Bonchev–Trinajstić information content (AvgIpc) is 2.94. The summed E-state index contributed by atoms with van der Waals surface area (Å²) in [5, 5.41) is 5.89. The number of ether oxygens (including phenoxy) is 3. The number of methoxy groups -OCH3 is 3. The predicted molar refractivity (Wildman–Crippen MR) is 144 cm³/mol. The molecule has 0 bridgehead atoms. The van der Waals surface area contributed by atoms with Gasteiger partial charge in [-0.05, 0) is 54.3 Å².